The lowest BCUT2D eigenvalue weighted by Crippen LogP contribution is -2.68. The van der Waals surface area contributed by atoms with Crippen LogP contribution in [0.5, 0.6) is 0 Å². The molecule has 4 N–H and O–H groups in total. The van der Waals surface area contributed by atoms with Crippen molar-refractivity contribution in [3.05, 3.63) is 11.6 Å². The first-order valence-electron chi connectivity index (χ1n) is 11.4. The minimum atomic E-state index is -1.12. The molecule has 0 aromatic rings. The summed E-state index contributed by atoms with van der Waals surface area (Å²) in [5.74, 6) is -0.203. The number of fused-ring (bicyclic) bond motifs is 5. The van der Waals surface area contributed by atoms with Crippen LogP contribution in [-0.4, -0.2) is 56.6 Å². The third kappa shape index (κ3) is 2.43. The fraction of sp³-hybridized carbons (Fsp3) is 0.826. The van der Waals surface area contributed by atoms with Gasteiger partial charge >= 0.3 is 5.97 Å². The third-order valence-corrected chi connectivity index (χ3v) is 9.93. The van der Waals surface area contributed by atoms with Crippen molar-refractivity contribution in [3.8, 4) is 0 Å². The zero-order valence-corrected chi connectivity index (χ0v) is 17.6. The van der Waals surface area contributed by atoms with Crippen molar-refractivity contribution < 1.29 is 30.1 Å². The van der Waals surface area contributed by atoms with Crippen LogP contribution in [0.25, 0.3) is 0 Å². The van der Waals surface area contributed by atoms with E-state index in [1.54, 1.807) is 6.08 Å². The highest BCUT2D eigenvalue weighted by Crippen LogP contribution is 2.70. The van der Waals surface area contributed by atoms with Crippen molar-refractivity contribution in [1.29, 1.82) is 0 Å². The highest BCUT2D eigenvalue weighted by molar-refractivity contribution is 5.85. The number of aliphatic hydroxyl groups is 3. The van der Waals surface area contributed by atoms with Gasteiger partial charge in [-0.25, -0.2) is 4.79 Å². The second-order valence-electron chi connectivity index (χ2n) is 10.8. The second kappa shape index (κ2) is 6.53. The smallest absolute Gasteiger partial charge is 0.331 e. The molecule has 0 unspecified atom stereocenters. The van der Waals surface area contributed by atoms with Crippen LogP contribution in [0.2, 0.25) is 0 Å². The number of cyclic esters (lactones) is 1. The van der Waals surface area contributed by atoms with Gasteiger partial charge in [-0.2, -0.15) is 0 Å². The summed E-state index contributed by atoms with van der Waals surface area (Å²) < 4.78 is 5.17. The van der Waals surface area contributed by atoms with Crippen molar-refractivity contribution in [2.45, 2.75) is 82.0 Å². The molecular weight excluding hydrogens is 386 g/mol. The predicted molar refractivity (Wildman–Crippen MR) is 108 cm³/mol. The Kier molecular flexibility index (Phi) is 4.45. The Balaban J connectivity index is 1.53. The van der Waals surface area contributed by atoms with E-state index in [4.69, 9.17) is 4.74 Å². The maximum Gasteiger partial charge on any atom is 0.331 e. The monoisotopic (exact) mass is 419 g/mol. The molecule has 0 radical (unpaired) electrons. The van der Waals surface area contributed by atoms with Gasteiger partial charge in [0, 0.05) is 23.3 Å². The highest BCUT2D eigenvalue weighted by atomic mass is 16.5. The normalized spacial score (nSPS) is 53.1. The summed E-state index contributed by atoms with van der Waals surface area (Å²) in [6.45, 7) is 2.48. The fourth-order valence-corrected chi connectivity index (χ4v) is 8.46. The summed E-state index contributed by atoms with van der Waals surface area (Å²) in [6, 6.07) is 0. The molecule has 7 nitrogen and oxygen atoms in total. The van der Waals surface area contributed by atoms with Crippen molar-refractivity contribution in [1.82, 2.24) is 0 Å². The van der Waals surface area contributed by atoms with E-state index in [-0.39, 0.29) is 35.6 Å². The molecule has 30 heavy (non-hydrogen) atoms. The topological polar surface area (TPSA) is 120 Å². The van der Waals surface area contributed by atoms with Crippen LogP contribution in [0, 0.1) is 28.6 Å². The number of ether oxygens (including phenoxy) is 1. The van der Waals surface area contributed by atoms with Crippen molar-refractivity contribution in [3.63, 3.8) is 0 Å². The molecule has 4 aliphatic carbocycles. The van der Waals surface area contributed by atoms with Gasteiger partial charge in [0.1, 0.15) is 6.61 Å². The molecule has 166 valence electrons. The number of carbonyl (C=O) groups excluding carboxylic acids is 1. The lowest BCUT2D eigenvalue weighted by Gasteiger charge is -2.65. The minimum absolute atomic E-state index is 0.00749. The van der Waals surface area contributed by atoms with E-state index in [0.717, 1.165) is 24.8 Å². The number of esters is 1. The van der Waals surface area contributed by atoms with E-state index in [1.807, 2.05) is 0 Å². The lowest BCUT2D eigenvalue weighted by molar-refractivity contribution is -0.237. The van der Waals surface area contributed by atoms with E-state index in [9.17, 15) is 25.3 Å². The number of hydrogen-bond acceptors (Lipinski definition) is 7. The summed E-state index contributed by atoms with van der Waals surface area (Å²) >= 11 is 0. The standard InChI is InChI=1S/C23H33NO6/c1-20-6-3-17-18(23(20,28)9-5-16(20)14-10-19(26)30-12-14)4-8-22(27)11-15(25)2-7-21(17,22)13-24-29/h10,13,15-18,25,27-29H,2-9,11-12H2,1H3/b24-13-/t15-,16+,17-,18+,20-,21+,22-,23+/m1/s1. The molecule has 5 rings (SSSR count). The number of nitrogens with zero attached hydrogens (tertiary/aromatic N) is 1. The summed E-state index contributed by atoms with van der Waals surface area (Å²) in [7, 11) is 0. The van der Waals surface area contributed by atoms with Crippen molar-refractivity contribution >= 4 is 12.2 Å². The third-order valence-electron chi connectivity index (χ3n) is 9.93. The van der Waals surface area contributed by atoms with Gasteiger partial charge in [-0.05, 0) is 74.7 Å². The van der Waals surface area contributed by atoms with Gasteiger partial charge in [0.15, 0.2) is 0 Å². The largest absolute Gasteiger partial charge is 0.458 e. The molecule has 7 heteroatoms. The van der Waals surface area contributed by atoms with Crippen LogP contribution >= 0.6 is 0 Å². The average Bonchev–Trinajstić information content (AvgIpc) is 3.23. The molecule has 0 aromatic heterocycles. The first-order chi connectivity index (χ1) is 14.2. The molecule has 8 atom stereocenters. The molecule has 0 saturated heterocycles. The zero-order valence-electron chi connectivity index (χ0n) is 17.6. The van der Waals surface area contributed by atoms with Gasteiger partial charge in [0.25, 0.3) is 0 Å². The Morgan fingerprint density at radius 1 is 1.10 bits per heavy atom. The Bertz CT molecular complexity index is 812. The van der Waals surface area contributed by atoms with Crippen molar-refractivity contribution in [2.24, 2.45) is 33.7 Å². The predicted octanol–water partition coefficient (Wildman–Crippen LogP) is 2.16. The van der Waals surface area contributed by atoms with E-state index in [2.05, 4.69) is 12.1 Å². The van der Waals surface area contributed by atoms with Gasteiger partial charge in [-0.1, -0.05) is 6.92 Å². The average molecular weight is 420 g/mol. The van der Waals surface area contributed by atoms with Crippen LogP contribution in [0.4, 0.5) is 0 Å². The maximum atomic E-state index is 12.2. The molecule has 5 aliphatic rings. The van der Waals surface area contributed by atoms with E-state index in [1.165, 1.54) is 6.21 Å². The van der Waals surface area contributed by atoms with Gasteiger partial charge in [0.05, 0.1) is 23.5 Å². The molecule has 1 aliphatic heterocycles. The molecular formula is C23H33NO6. The molecule has 4 fully saturated rings. The van der Waals surface area contributed by atoms with Gasteiger partial charge < -0.3 is 25.3 Å². The number of oxime groups is 1. The maximum absolute atomic E-state index is 12.2. The minimum Gasteiger partial charge on any atom is -0.458 e. The number of rotatable bonds is 2. The van der Waals surface area contributed by atoms with Gasteiger partial charge in [0.2, 0.25) is 0 Å². The molecule has 0 amide bonds. The first-order valence-corrected chi connectivity index (χ1v) is 11.4. The quantitative estimate of drug-likeness (QED) is 0.236. The van der Waals surface area contributed by atoms with Crippen LogP contribution in [0.3, 0.4) is 0 Å². The Labute approximate surface area is 176 Å². The van der Waals surface area contributed by atoms with Gasteiger partial charge in [-0.3, -0.25) is 0 Å². The highest BCUT2D eigenvalue weighted by Gasteiger charge is 2.71. The molecule has 0 spiro atoms. The Morgan fingerprint density at radius 2 is 1.87 bits per heavy atom. The first kappa shape index (κ1) is 20.5. The van der Waals surface area contributed by atoms with Crippen molar-refractivity contribution in [2.75, 3.05) is 6.61 Å². The number of hydrogen-bond donors (Lipinski definition) is 4. The summed E-state index contributed by atoms with van der Waals surface area (Å²) in [5, 5.41) is 47.0. The van der Waals surface area contributed by atoms with Crippen LogP contribution in [-0.2, 0) is 9.53 Å². The van der Waals surface area contributed by atoms with Crippen LogP contribution in [0.15, 0.2) is 16.8 Å². The summed E-state index contributed by atoms with van der Waals surface area (Å²) in [5.41, 5.74) is -2.11. The lowest BCUT2D eigenvalue weighted by atomic mass is 9.41. The SMILES string of the molecule is C[C@]12CC[C@@H]3[C@H](CC[C@@]4(O)C[C@H](O)CC[C@]34/C=N\O)[C@@]1(O)CC[C@H]2C1=CC(=O)OC1. The van der Waals surface area contributed by atoms with E-state index >= 15 is 0 Å². The van der Waals surface area contributed by atoms with Crippen LogP contribution in [0.1, 0.15) is 64.7 Å². The van der Waals surface area contributed by atoms with E-state index in [0.29, 0.717) is 38.7 Å². The molecule has 1 heterocycles. The Morgan fingerprint density at radius 3 is 2.57 bits per heavy atom. The molecule has 4 saturated carbocycles. The second-order valence-corrected chi connectivity index (χ2v) is 10.8. The number of aliphatic hydroxyl groups excluding tert-OH is 1. The zero-order chi connectivity index (χ0) is 21.4. The molecule has 0 bridgehead atoms. The van der Waals surface area contributed by atoms with E-state index < -0.39 is 22.7 Å². The van der Waals surface area contributed by atoms with Gasteiger partial charge in [-0.15, -0.1) is 5.16 Å². The Hall–Kier alpha value is -1.44. The van der Waals surface area contributed by atoms with Crippen LogP contribution < -0.4 is 0 Å². The fourth-order valence-electron chi connectivity index (χ4n) is 8.46. The summed E-state index contributed by atoms with van der Waals surface area (Å²) in [6.07, 6.45) is 8.20. The summed E-state index contributed by atoms with van der Waals surface area (Å²) in [4.78, 5) is 11.7. The molecule has 0 aromatic carbocycles. The number of carbonyl (C=O) groups is 1.